The minimum Gasteiger partial charge on any atom is -0.856 e. The summed E-state index contributed by atoms with van der Waals surface area (Å²) in [5.74, 6) is -0.807. The largest absolute Gasteiger partial charge is 0.856 e. The van der Waals surface area contributed by atoms with E-state index in [2.05, 4.69) is 50.2 Å². The Morgan fingerprint density at radius 1 is 1.02 bits per heavy atom. The molecule has 3 aromatic rings. The molecule has 3 aliphatic rings. The van der Waals surface area contributed by atoms with Crippen LogP contribution in [0.15, 0.2) is 17.6 Å². The van der Waals surface area contributed by atoms with Gasteiger partial charge in [0.25, 0.3) is 21.6 Å². The summed E-state index contributed by atoms with van der Waals surface area (Å²) >= 11 is 4.53. The van der Waals surface area contributed by atoms with Crippen molar-refractivity contribution in [3.63, 3.8) is 0 Å². The Morgan fingerprint density at radius 3 is 2.41 bits per heavy atom. The van der Waals surface area contributed by atoms with E-state index >= 15 is 0 Å². The van der Waals surface area contributed by atoms with Gasteiger partial charge in [-0.05, 0) is 0 Å². The third-order valence-electron chi connectivity index (χ3n) is 7.68. The van der Waals surface area contributed by atoms with Crippen LogP contribution in [-0.2, 0) is 61.7 Å². The van der Waals surface area contributed by atoms with E-state index < -0.39 is 90.5 Å². The summed E-state index contributed by atoms with van der Waals surface area (Å²) in [6.45, 7) is -7.10. The van der Waals surface area contributed by atoms with Crippen LogP contribution in [0.25, 0.3) is 11.2 Å². The second-order valence-electron chi connectivity index (χ2n) is 11.2. The molecule has 3 aliphatic heterocycles. The lowest BCUT2D eigenvalue weighted by Crippen LogP contribution is -2.46. The molecule has 9 N–H and O–H groups in total. The first-order valence-corrected chi connectivity index (χ1v) is 19.7. The van der Waals surface area contributed by atoms with Crippen molar-refractivity contribution in [3.05, 3.63) is 18.3 Å². The summed E-state index contributed by atoms with van der Waals surface area (Å²) in [4.78, 5) is 52.9. The molecular weight excluding hydrogens is 773 g/mol. The summed E-state index contributed by atoms with van der Waals surface area (Å²) in [7, 11) is -10.6. The zero-order valence-corrected chi connectivity index (χ0v) is 29.1. The van der Waals surface area contributed by atoms with E-state index in [1.807, 2.05) is 0 Å². The predicted octanol–water partition coefficient (Wildman–Crippen LogP) is -6.13. The highest BCUT2D eigenvalue weighted by atomic mass is 32.5. The maximum absolute atomic E-state index is 12.7. The van der Waals surface area contributed by atoms with Gasteiger partial charge in [-0.15, -0.1) is 0 Å². The highest BCUT2D eigenvalue weighted by Crippen LogP contribution is 2.63. The van der Waals surface area contributed by atoms with Gasteiger partial charge in [0.2, 0.25) is 6.23 Å². The van der Waals surface area contributed by atoms with Crippen molar-refractivity contribution >= 4 is 63.1 Å². The second kappa shape index (κ2) is 13.9. The van der Waals surface area contributed by atoms with Gasteiger partial charge in [-0.1, -0.05) is 16.8 Å². The molecule has 2 saturated heterocycles. The number of imidazole rings is 2. The molecule has 282 valence electrons. The fourth-order valence-corrected chi connectivity index (χ4v) is 9.71. The van der Waals surface area contributed by atoms with Crippen LogP contribution in [0.1, 0.15) is 18.1 Å². The van der Waals surface area contributed by atoms with Gasteiger partial charge in [-0.2, -0.15) is 0 Å². The zero-order valence-electron chi connectivity index (χ0n) is 25.6. The summed E-state index contributed by atoms with van der Waals surface area (Å²) in [5, 5.41) is 57.1. The Labute approximate surface area is 289 Å². The number of aliphatic imine (C=N–C) groups is 1. The number of nitrogens with two attached hydrogens (primary N) is 2. The molecule has 6 rings (SSSR count). The fraction of sp³-hybridized carbons (Fsp3) is 0.571. The molecule has 11 atom stereocenters. The molecule has 0 spiro atoms. The van der Waals surface area contributed by atoms with Crippen molar-refractivity contribution in [1.82, 2.24) is 24.1 Å². The van der Waals surface area contributed by atoms with E-state index in [4.69, 9.17) is 25.5 Å². The first kappa shape index (κ1) is 38.0. The normalized spacial score (nSPS) is 31.4. The number of hydrogen-bond donors (Lipinski definition) is 7. The molecule has 2 fully saturated rings. The van der Waals surface area contributed by atoms with E-state index in [9.17, 15) is 49.3 Å². The number of phosphoric ester groups is 1. The van der Waals surface area contributed by atoms with Crippen LogP contribution in [0.3, 0.4) is 0 Å². The number of nitrogen functional groups attached to an aromatic ring is 1. The lowest BCUT2D eigenvalue weighted by Gasteiger charge is -2.37. The van der Waals surface area contributed by atoms with Gasteiger partial charge < -0.3 is 75.5 Å². The SMILES string of the molecule is Cn1c[n+]([C@@H]2O[C@H](COP([O-])(=S)OP(=O)([O-])OP(=O)([O-])OCC3OC(n4cnc5c4NC(N)=NC5)[C@H](O)[C@@H]3O)[C@@H](O)[C@H]2O)c2nc(N)nc([O-])c21. The van der Waals surface area contributed by atoms with Gasteiger partial charge in [0, 0.05) is 5.88 Å². The Kier molecular flexibility index (Phi) is 10.3. The first-order chi connectivity index (χ1) is 23.8. The Morgan fingerprint density at radius 2 is 1.69 bits per heavy atom. The van der Waals surface area contributed by atoms with Crippen molar-refractivity contribution < 1.29 is 81.1 Å². The number of aliphatic hydroxyl groups excluding tert-OH is 4. The van der Waals surface area contributed by atoms with Crippen LogP contribution in [0.2, 0.25) is 0 Å². The standard InChI is InChI=1S/C21H31N10O16P3S/c1-29-6-31(16-10(29)17(36)28-21(23)27-16)19-14(35)12(33)9(45-19)4-43-50(41,51)47-49(39,40)46-48(37,38)42-3-8-11(32)13(34)18(44-8)30-5-25-7-2-24-20(22)26-15(7)30/h5-6,8-9,11-14,18-19,32-35H,2-4H2,1H3,(H8-,22,23,24,26,27,28,36,37,38,39,40,41,51)/p-3/t8?,9-,11-,12-,13-,14-,18?,19-,50?/m1/s1. The number of guanidine groups is 1. The number of aryl methyl sites for hydroxylation is 1. The summed E-state index contributed by atoms with van der Waals surface area (Å²) in [6.07, 6.45) is -10.2. The molecule has 0 bridgehead atoms. The van der Waals surface area contributed by atoms with Crippen LogP contribution in [0, 0.1) is 0 Å². The van der Waals surface area contributed by atoms with Crippen LogP contribution in [0.4, 0.5) is 11.8 Å². The van der Waals surface area contributed by atoms with Gasteiger partial charge in [-0.25, -0.2) is 23.8 Å². The Balaban J connectivity index is 1.03. The molecule has 51 heavy (non-hydrogen) atoms. The fourth-order valence-electron chi connectivity index (χ4n) is 5.41. The third kappa shape index (κ3) is 7.81. The number of phosphoric acid groups is 2. The zero-order chi connectivity index (χ0) is 37.2. The van der Waals surface area contributed by atoms with Gasteiger partial charge in [0.1, 0.15) is 54.9 Å². The maximum atomic E-state index is 12.7. The van der Waals surface area contributed by atoms with Crippen molar-refractivity contribution in [1.29, 1.82) is 0 Å². The molecule has 5 unspecified atom stereocenters. The minimum atomic E-state index is -6.13. The molecule has 0 aliphatic carbocycles. The number of rotatable bonds is 12. The molecule has 0 amide bonds. The number of aliphatic hydroxyl groups is 4. The first-order valence-electron chi connectivity index (χ1n) is 14.3. The molecule has 0 aromatic carbocycles. The third-order valence-corrected chi connectivity index (χ3v) is 12.7. The van der Waals surface area contributed by atoms with Crippen LogP contribution in [-0.4, -0.2) is 100 Å². The molecule has 26 nitrogen and oxygen atoms in total. The average molecular weight is 801 g/mol. The van der Waals surface area contributed by atoms with Gasteiger partial charge >= 0.3 is 5.65 Å². The second-order valence-corrected chi connectivity index (χ2v) is 17.0. The number of ether oxygens (including phenoxy) is 2. The highest BCUT2D eigenvalue weighted by Gasteiger charge is 2.48. The lowest BCUT2D eigenvalue weighted by molar-refractivity contribution is -0.745. The maximum Gasteiger partial charge on any atom is 0.309 e. The van der Waals surface area contributed by atoms with Crippen molar-refractivity contribution in [2.45, 2.75) is 55.6 Å². The molecule has 30 heteroatoms. The number of nitrogens with zero attached hydrogens (tertiary/aromatic N) is 7. The minimum absolute atomic E-state index is 0.0238. The summed E-state index contributed by atoms with van der Waals surface area (Å²) in [5.41, 5.74) is 11.6. The highest BCUT2D eigenvalue weighted by molar-refractivity contribution is 8.07. The number of aromatic nitrogens is 6. The summed E-state index contributed by atoms with van der Waals surface area (Å²) < 4.78 is 57.0. The average Bonchev–Trinajstić information content (AvgIpc) is 3.73. The smallest absolute Gasteiger partial charge is 0.309 e. The molecule has 0 radical (unpaired) electrons. The van der Waals surface area contributed by atoms with Crippen LogP contribution >= 0.6 is 22.4 Å². The Hall–Kier alpha value is -2.78. The predicted molar refractivity (Wildman–Crippen MR) is 159 cm³/mol. The van der Waals surface area contributed by atoms with E-state index in [1.54, 1.807) is 0 Å². The van der Waals surface area contributed by atoms with Crippen molar-refractivity contribution in [2.24, 2.45) is 17.8 Å². The van der Waals surface area contributed by atoms with Crippen LogP contribution < -0.4 is 41.1 Å². The monoisotopic (exact) mass is 801 g/mol. The number of anilines is 2. The van der Waals surface area contributed by atoms with Gasteiger partial charge in [0.15, 0.2) is 24.0 Å². The van der Waals surface area contributed by atoms with E-state index in [0.29, 0.717) is 5.69 Å². The van der Waals surface area contributed by atoms with Crippen LogP contribution in [0.5, 0.6) is 5.88 Å². The van der Waals surface area contributed by atoms with Gasteiger partial charge in [-0.3, -0.25) is 22.6 Å². The molecule has 3 aromatic heterocycles. The quantitative estimate of drug-likeness (QED) is 0.0662. The molecule has 0 saturated carbocycles. The van der Waals surface area contributed by atoms with Crippen molar-refractivity contribution in [3.8, 4) is 5.88 Å². The molecule has 6 heterocycles. The summed E-state index contributed by atoms with van der Waals surface area (Å²) in [6, 6.07) is 0. The molecular formula is C21H28N10O16P3S-3. The van der Waals surface area contributed by atoms with E-state index in [1.165, 1.54) is 28.8 Å². The Bertz CT molecular complexity index is 2000. The van der Waals surface area contributed by atoms with Gasteiger partial charge in [0.05, 0.1) is 33.1 Å². The number of fused-ring (bicyclic) bond motifs is 2. The number of nitrogens with one attached hydrogen (secondary N) is 1. The van der Waals surface area contributed by atoms with Crippen molar-refractivity contribution in [2.75, 3.05) is 24.3 Å². The van der Waals surface area contributed by atoms with E-state index in [0.717, 1.165) is 4.57 Å². The number of hydrogen-bond acceptors (Lipinski definition) is 24. The lowest BCUT2D eigenvalue weighted by atomic mass is 10.1. The van der Waals surface area contributed by atoms with E-state index in [-0.39, 0.29) is 35.4 Å². The topological polar surface area (TPSA) is 392 Å².